The van der Waals surface area contributed by atoms with E-state index < -0.39 is 0 Å². The average molecular weight is 311 g/mol. The molecule has 0 aliphatic carbocycles. The Morgan fingerprint density at radius 1 is 1.43 bits per heavy atom. The van der Waals surface area contributed by atoms with Crippen LogP contribution in [0.3, 0.4) is 0 Å². The molecule has 2 aromatic heterocycles. The summed E-state index contributed by atoms with van der Waals surface area (Å²) in [5.41, 5.74) is 3.22. The maximum atomic E-state index is 5.94. The summed E-state index contributed by atoms with van der Waals surface area (Å²) in [5.74, 6) is 1.67. The van der Waals surface area contributed by atoms with Gasteiger partial charge in [0.05, 0.1) is 11.8 Å². The quantitative estimate of drug-likeness (QED) is 0.771. The highest BCUT2D eigenvalue weighted by Crippen LogP contribution is 2.23. The van der Waals surface area contributed by atoms with Crippen LogP contribution in [0.5, 0.6) is 0 Å². The summed E-state index contributed by atoms with van der Waals surface area (Å²) in [4.78, 5) is 4.79. The SMILES string of the molecule is CCc1nn(C)c2c1nc(CCCl)n2CCC1CCCO1. The monoisotopic (exact) mass is 310 g/mol. The van der Waals surface area contributed by atoms with Crippen molar-refractivity contribution in [3.8, 4) is 0 Å². The van der Waals surface area contributed by atoms with E-state index in [2.05, 4.69) is 16.6 Å². The van der Waals surface area contributed by atoms with Crippen molar-refractivity contribution in [1.82, 2.24) is 19.3 Å². The van der Waals surface area contributed by atoms with Gasteiger partial charge in [-0.05, 0) is 25.7 Å². The maximum absolute atomic E-state index is 5.94. The summed E-state index contributed by atoms with van der Waals surface area (Å²) in [6, 6.07) is 0. The predicted molar refractivity (Wildman–Crippen MR) is 83.9 cm³/mol. The van der Waals surface area contributed by atoms with Gasteiger partial charge >= 0.3 is 0 Å². The Bertz CT molecular complexity index is 613. The minimum atomic E-state index is 0.394. The van der Waals surface area contributed by atoms with E-state index in [4.69, 9.17) is 21.3 Å². The lowest BCUT2D eigenvalue weighted by atomic mass is 10.2. The van der Waals surface area contributed by atoms with E-state index in [1.54, 1.807) is 0 Å². The fraction of sp³-hybridized carbons (Fsp3) is 0.733. The van der Waals surface area contributed by atoms with Crippen molar-refractivity contribution >= 4 is 22.8 Å². The van der Waals surface area contributed by atoms with Gasteiger partial charge in [-0.1, -0.05) is 6.92 Å². The molecule has 0 bridgehead atoms. The number of aromatic nitrogens is 4. The summed E-state index contributed by atoms with van der Waals surface area (Å²) >= 11 is 5.94. The number of aryl methyl sites for hydroxylation is 4. The largest absolute Gasteiger partial charge is 0.378 e. The summed E-state index contributed by atoms with van der Waals surface area (Å²) in [7, 11) is 2.00. The standard InChI is InChI=1S/C15H23ClN4O/c1-3-12-14-15(19(2)18-12)20(13(17-14)6-8-16)9-7-11-5-4-10-21-11/h11H,3-10H2,1-2H3. The molecule has 0 aromatic carbocycles. The number of halogens is 1. The molecule has 0 N–H and O–H groups in total. The molecular weight excluding hydrogens is 288 g/mol. The Morgan fingerprint density at radius 2 is 2.29 bits per heavy atom. The normalized spacial score (nSPS) is 18.9. The molecule has 6 heteroatoms. The zero-order valence-electron chi connectivity index (χ0n) is 12.8. The van der Waals surface area contributed by atoms with E-state index in [0.29, 0.717) is 12.0 Å². The molecule has 1 saturated heterocycles. The maximum Gasteiger partial charge on any atom is 0.158 e. The van der Waals surface area contributed by atoms with Crippen LogP contribution in [0.4, 0.5) is 0 Å². The van der Waals surface area contributed by atoms with Crippen LogP contribution in [-0.2, 0) is 31.2 Å². The van der Waals surface area contributed by atoms with Crippen molar-refractivity contribution in [3.63, 3.8) is 0 Å². The van der Waals surface area contributed by atoms with Crippen LogP contribution < -0.4 is 0 Å². The molecule has 3 rings (SSSR count). The van der Waals surface area contributed by atoms with Crippen LogP contribution in [0.1, 0.15) is 37.7 Å². The molecule has 0 radical (unpaired) electrons. The number of ether oxygens (including phenoxy) is 1. The van der Waals surface area contributed by atoms with Crippen LogP contribution in [-0.4, -0.2) is 37.9 Å². The lowest BCUT2D eigenvalue weighted by Gasteiger charge is -2.12. The summed E-state index contributed by atoms with van der Waals surface area (Å²) in [5, 5.41) is 4.58. The van der Waals surface area contributed by atoms with Gasteiger partial charge in [0.1, 0.15) is 11.3 Å². The number of hydrogen-bond acceptors (Lipinski definition) is 3. The van der Waals surface area contributed by atoms with E-state index >= 15 is 0 Å². The Labute approximate surface area is 130 Å². The molecular formula is C15H23ClN4O. The van der Waals surface area contributed by atoms with Gasteiger partial charge in [-0.3, -0.25) is 4.68 Å². The molecule has 0 amide bonds. The first-order chi connectivity index (χ1) is 10.2. The Hall–Kier alpha value is -1.07. The van der Waals surface area contributed by atoms with Gasteiger partial charge in [-0.25, -0.2) is 4.98 Å². The Kier molecular flexibility index (Phi) is 4.50. The average Bonchev–Trinajstić information content (AvgIpc) is 3.16. The topological polar surface area (TPSA) is 44.9 Å². The minimum Gasteiger partial charge on any atom is -0.378 e. The van der Waals surface area contributed by atoms with E-state index in [9.17, 15) is 0 Å². The van der Waals surface area contributed by atoms with Crippen molar-refractivity contribution < 1.29 is 4.74 Å². The first-order valence-corrected chi connectivity index (χ1v) is 8.36. The van der Waals surface area contributed by atoms with Gasteiger partial charge in [-0.15, -0.1) is 11.6 Å². The molecule has 1 atom stereocenters. The molecule has 1 aliphatic rings. The second kappa shape index (κ2) is 6.36. The van der Waals surface area contributed by atoms with Crippen LogP contribution in [0.25, 0.3) is 11.2 Å². The first kappa shape index (κ1) is 14.9. The second-order valence-electron chi connectivity index (χ2n) is 5.64. The van der Waals surface area contributed by atoms with Gasteiger partial charge in [0, 0.05) is 32.5 Å². The number of hydrogen-bond donors (Lipinski definition) is 0. The highest BCUT2D eigenvalue weighted by Gasteiger charge is 2.20. The third-order valence-corrected chi connectivity index (χ3v) is 4.41. The van der Waals surface area contributed by atoms with Gasteiger partial charge < -0.3 is 9.30 Å². The molecule has 5 nitrogen and oxygen atoms in total. The Morgan fingerprint density at radius 3 is 2.95 bits per heavy atom. The summed E-state index contributed by atoms with van der Waals surface area (Å²) in [6.45, 7) is 3.95. The smallest absolute Gasteiger partial charge is 0.158 e. The highest BCUT2D eigenvalue weighted by molar-refractivity contribution is 6.17. The molecule has 116 valence electrons. The van der Waals surface area contributed by atoms with E-state index in [1.807, 2.05) is 11.7 Å². The van der Waals surface area contributed by atoms with E-state index in [1.165, 1.54) is 12.8 Å². The van der Waals surface area contributed by atoms with Crippen molar-refractivity contribution in [1.29, 1.82) is 0 Å². The summed E-state index contributed by atoms with van der Waals surface area (Å²) in [6.07, 6.45) is 5.49. The highest BCUT2D eigenvalue weighted by atomic mass is 35.5. The van der Waals surface area contributed by atoms with Crippen LogP contribution in [0.2, 0.25) is 0 Å². The molecule has 0 spiro atoms. The van der Waals surface area contributed by atoms with Crippen molar-refractivity contribution in [2.24, 2.45) is 7.05 Å². The first-order valence-electron chi connectivity index (χ1n) is 7.83. The lowest BCUT2D eigenvalue weighted by Crippen LogP contribution is -2.14. The Balaban J connectivity index is 1.92. The number of nitrogens with zero attached hydrogens (tertiary/aromatic N) is 4. The van der Waals surface area contributed by atoms with E-state index in [0.717, 1.165) is 55.1 Å². The zero-order chi connectivity index (χ0) is 14.8. The van der Waals surface area contributed by atoms with Crippen LogP contribution in [0.15, 0.2) is 0 Å². The second-order valence-corrected chi connectivity index (χ2v) is 6.02. The molecule has 21 heavy (non-hydrogen) atoms. The predicted octanol–water partition coefficient (Wildman–Crippen LogP) is 2.68. The molecule has 3 heterocycles. The fourth-order valence-electron chi connectivity index (χ4n) is 3.18. The lowest BCUT2D eigenvalue weighted by molar-refractivity contribution is 0.100. The molecule has 0 saturated carbocycles. The number of rotatable bonds is 6. The molecule has 1 unspecified atom stereocenters. The number of imidazole rings is 1. The van der Waals surface area contributed by atoms with E-state index in [-0.39, 0.29) is 0 Å². The van der Waals surface area contributed by atoms with Crippen molar-refractivity contribution in [2.45, 2.75) is 51.7 Å². The minimum absolute atomic E-state index is 0.394. The van der Waals surface area contributed by atoms with Gasteiger partial charge in [0.15, 0.2) is 5.65 Å². The van der Waals surface area contributed by atoms with Crippen molar-refractivity contribution in [2.75, 3.05) is 12.5 Å². The van der Waals surface area contributed by atoms with Gasteiger partial charge in [-0.2, -0.15) is 5.10 Å². The number of fused-ring (bicyclic) bond motifs is 1. The third-order valence-electron chi connectivity index (χ3n) is 4.22. The summed E-state index contributed by atoms with van der Waals surface area (Å²) < 4.78 is 9.97. The molecule has 2 aromatic rings. The molecule has 1 aliphatic heterocycles. The fourth-order valence-corrected chi connectivity index (χ4v) is 3.35. The van der Waals surface area contributed by atoms with Crippen molar-refractivity contribution in [3.05, 3.63) is 11.5 Å². The van der Waals surface area contributed by atoms with Gasteiger partial charge in [0.2, 0.25) is 0 Å². The van der Waals surface area contributed by atoms with Crippen LogP contribution in [0, 0.1) is 0 Å². The zero-order valence-corrected chi connectivity index (χ0v) is 13.6. The molecule has 1 fully saturated rings. The third kappa shape index (κ3) is 2.81. The number of alkyl halides is 1. The van der Waals surface area contributed by atoms with Gasteiger partial charge in [0.25, 0.3) is 0 Å². The van der Waals surface area contributed by atoms with Crippen LogP contribution >= 0.6 is 11.6 Å².